The van der Waals surface area contributed by atoms with E-state index in [4.69, 9.17) is 20.8 Å². The minimum atomic E-state index is -0.456. The Morgan fingerprint density at radius 3 is 3.00 bits per heavy atom. The first-order chi connectivity index (χ1) is 9.15. The number of hydrogen-bond donors (Lipinski definition) is 3. The lowest BCUT2D eigenvalue weighted by molar-refractivity contribution is 0.00341. The largest absolute Gasteiger partial charge is 0.409 e. The summed E-state index contributed by atoms with van der Waals surface area (Å²) in [6.07, 6.45) is -0.308. The van der Waals surface area contributed by atoms with E-state index in [1.807, 2.05) is 0 Å². The summed E-state index contributed by atoms with van der Waals surface area (Å²) < 4.78 is 19.3. The van der Waals surface area contributed by atoms with Crippen LogP contribution in [0.15, 0.2) is 23.4 Å². The fourth-order valence-corrected chi connectivity index (χ4v) is 2.03. The molecule has 1 unspecified atom stereocenters. The lowest BCUT2D eigenvalue weighted by Gasteiger charge is -2.33. The van der Waals surface area contributed by atoms with Crippen LogP contribution in [0.5, 0.6) is 0 Å². The Hall–Kier alpha value is -1.86. The average Bonchev–Trinajstić information content (AvgIpc) is 2.46. The maximum absolute atomic E-state index is 14.0. The van der Waals surface area contributed by atoms with Crippen molar-refractivity contribution in [2.75, 3.05) is 31.2 Å². The first-order valence-corrected chi connectivity index (χ1v) is 5.90. The maximum Gasteiger partial charge on any atom is 0.170 e. The highest BCUT2D eigenvalue weighted by Crippen LogP contribution is 2.22. The number of aliphatic hydroxyl groups excluding tert-OH is 1. The lowest BCUT2D eigenvalue weighted by atomic mass is 10.1. The molecule has 1 atom stereocenters. The van der Waals surface area contributed by atoms with Crippen molar-refractivity contribution in [3.63, 3.8) is 0 Å². The summed E-state index contributed by atoms with van der Waals surface area (Å²) in [7, 11) is 0. The van der Waals surface area contributed by atoms with Gasteiger partial charge in [-0.1, -0.05) is 5.16 Å². The molecule has 104 valence electrons. The van der Waals surface area contributed by atoms with E-state index in [0.717, 1.165) is 0 Å². The van der Waals surface area contributed by atoms with Gasteiger partial charge in [0.1, 0.15) is 5.82 Å². The molecule has 0 bridgehead atoms. The molecule has 6 nitrogen and oxygen atoms in total. The van der Waals surface area contributed by atoms with Crippen LogP contribution in [-0.2, 0) is 4.74 Å². The van der Waals surface area contributed by atoms with Crippen LogP contribution < -0.4 is 10.6 Å². The van der Waals surface area contributed by atoms with E-state index < -0.39 is 5.82 Å². The number of amidine groups is 1. The summed E-state index contributed by atoms with van der Waals surface area (Å²) in [5.41, 5.74) is 6.13. The van der Waals surface area contributed by atoms with Gasteiger partial charge in [0, 0.05) is 18.7 Å². The van der Waals surface area contributed by atoms with Gasteiger partial charge in [0.05, 0.1) is 25.0 Å². The van der Waals surface area contributed by atoms with Gasteiger partial charge in [0.25, 0.3) is 0 Å². The predicted molar refractivity (Wildman–Crippen MR) is 67.9 cm³/mol. The van der Waals surface area contributed by atoms with Crippen LogP contribution in [0.2, 0.25) is 0 Å². The Morgan fingerprint density at radius 2 is 2.37 bits per heavy atom. The first kappa shape index (κ1) is 13.6. The highest BCUT2D eigenvalue weighted by molar-refractivity contribution is 5.97. The molecule has 4 N–H and O–H groups in total. The second-order valence-electron chi connectivity index (χ2n) is 4.27. The number of aliphatic hydroxyl groups is 1. The lowest BCUT2D eigenvalue weighted by Crippen LogP contribution is -2.44. The maximum atomic E-state index is 14.0. The van der Waals surface area contributed by atoms with E-state index >= 15 is 0 Å². The third kappa shape index (κ3) is 2.94. The zero-order valence-electron chi connectivity index (χ0n) is 10.3. The van der Waals surface area contributed by atoms with Gasteiger partial charge >= 0.3 is 0 Å². The van der Waals surface area contributed by atoms with Crippen LogP contribution in [0.3, 0.4) is 0 Å². The molecule has 1 fully saturated rings. The predicted octanol–water partition coefficient (Wildman–Crippen LogP) is 0.118. The van der Waals surface area contributed by atoms with E-state index in [1.165, 1.54) is 6.07 Å². The molecule has 0 spiro atoms. The molecule has 0 aliphatic carbocycles. The molecule has 1 aromatic carbocycles. The number of anilines is 1. The number of benzene rings is 1. The monoisotopic (exact) mass is 269 g/mol. The Kier molecular flexibility index (Phi) is 4.18. The van der Waals surface area contributed by atoms with Gasteiger partial charge in [0.15, 0.2) is 5.84 Å². The van der Waals surface area contributed by atoms with Crippen molar-refractivity contribution in [1.82, 2.24) is 0 Å². The number of oxime groups is 1. The molecule has 1 aromatic rings. The molecule has 1 aliphatic rings. The molecule has 19 heavy (non-hydrogen) atoms. The third-order valence-corrected chi connectivity index (χ3v) is 3.03. The molecular weight excluding hydrogens is 253 g/mol. The number of ether oxygens (including phenoxy) is 1. The minimum absolute atomic E-state index is 0.0969. The van der Waals surface area contributed by atoms with Crippen molar-refractivity contribution in [3.05, 3.63) is 29.6 Å². The summed E-state index contributed by atoms with van der Waals surface area (Å²) in [5, 5.41) is 20.4. The molecule has 0 saturated carbocycles. The van der Waals surface area contributed by atoms with Crippen molar-refractivity contribution in [2.45, 2.75) is 6.10 Å². The third-order valence-electron chi connectivity index (χ3n) is 3.03. The summed E-state index contributed by atoms with van der Waals surface area (Å²) in [6.45, 7) is 1.32. The molecule has 1 heterocycles. The molecule has 0 aromatic heterocycles. The Morgan fingerprint density at radius 1 is 1.58 bits per heavy atom. The van der Waals surface area contributed by atoms with Gasteiger partial charge in [-0.2, -0.15) is 0 Å². The van der Waals surface area contributed by atoms with Crippen LogP contribution >= 0.6 is 0 Å². The SMILES string of the molecule is N/C(=N/O)c1ccc(N2CCOC(CO)C2)c(F)c1. The number of nitrogens with two attached hydrogens (primary N) is 1. The van der Waals surface area contributed by atoms with Crippen LogP contribution in [0, 0.1) is 5.82 Å². The molecule has 0 radical (unpaired) electrons. The smallest absolute Gasteiger partial charge is 0.170 e. The van der Waals surface area contributed by atoms with Crippen molar-refractivity contribution in [3.8, 4) is 0 Å². The molecule has 1 saturated heterocycles. The van der Waals surface area contributed by atoms with E-state index in [-0.39, 0.29) is 18.5 Å². The molecule has 2 rings (SSSR count). The van der Waals surface area contributed by atoms with Gasteiger partial charge in [-0.05, 0) is 18.2 Å². The molecular formula is C12H16FN3O3. The summed E-state index contributed by atoms with van der Waals surface area (Å²) in [6, 6.07) is 4.37. The quantitative estimate of drug-likeness (QED) is 0.314. The summed E-state index contributed by atoms with van der Waals surface area (Å²) in [5.74, 6) is -0.594. The number of morpholine rings is 1. The fourth-order valence-electron chi connectivity index (χ4n) is 2.03. The average molecular weight is 269 g/mol. The van der Waals surface area contributed by atoms with E-state index in [2.05, 4.69) is 5.16 Å². The normalized spacial score (nSPS) is 20.6. The van der Waals surface area contributed by atoms with E-state index in [1.54, 1.807) is 17.0 Å². The molecule has 1 aliphatic heterocycles. The Bertz CT molecular complexity index is 481. The molecule has 7 heteroatoms. The van der Waals surface area contributed by atoms with Crippen LogP contribution in [0.25, 0.3) is 0 Å². The van der Waals surface area contributed by atoms with Crippen LogP contribution in [0.1, 0.15) is 5.56 Å². The van der Waals surface area contributed by atoms with Crippen LogP contribution in [-0.4, -0.2) is 48.6 Å². The van der Waals surface area contributed by atoms with Crippen molar-refractivity contribution >= 4 is 11.5 Å². The number of nitrogens with zero attached hydrogens (tertiary/aromatic N) is 2. The van der Waals surface area contributed by atoms with Crippen molar-refractivity contribution < 1.29 is 19.4 Å². The second kappa shape index (κ2) is 5.85. The van der Waals surface area contributed by atoms with E-state index in [9.17, 15) is 4.39 Å². The van der Waals surface area contributed by atoms with E-state index in [0.29, 0.717) is 30.9 Å². The highest BCUT2D eigenvalue weighted by atomic mass is 19.1. The second-order valence-corrected chi connectivity index (χ2v) is 4.27. The first-order valence-electron chi connectivity index (χ1n) is 5.90. The van der Waals surface area contributed by atoms with Crippen molar-refractivity contribution in [2.24, 2.45) is 10.9 Å². The fraction of sp³-hybridized carbons (Fsp3) is 0.417. The zero-order chi connectivity index (χ0) is 13.8. The Labute approximate surface area is 109 Å². The number of hydrogen-bond acceptors (Lipinski definition) is 5. The van der Waals surface area contributed by atoms with Gasteiger partial charge in [-0.25, -0.2) is 4.39 Å². The van der Waals surface area contributed by atoms with Crippen LogP contribution in [0.4, 0.5) is 10.1 Å². The summed E-state index contributed by atoms with van der Waals surface area (Å²) >= 11 is 0. The standard InChI is InChI=1S/C12H16FN3O3/c13-10-5-8(12(14)15-18)1-2-11(10)16-3-4-19-9(6-16)7-17/h1-2,5,9,17-18H,3-4,6-7H2,(H2,14,15). The van der Waals surface area contributed by atoms with Gasteiger partial charge in [-0.3, -0.25) is 0 Å². The number of halogens is 1. The summed E-state index contributed by atoms with van der Waals surface area (Å²) in [4.78, 5) is 1.80. The zero-order valence-corrected chi connectivity index (χ0v) is 10.3. The van der Waals surface area contributed by atoms with Gasteiger partial charge in [-0.15, -0.1) is 0 Å². The van der Waals surface area contributed by atoms with Gasteiger partial charge in [0.2, 0.25) is 0 Å². The minimum Gasteiger partial charge on any atom is -0.409 e. The van der Waals surface area contributed by atoms with Crippen molar-refractivity contribution in [1.29, 1.82) is 0 Å². The topological polar surface area (TPSA) is 91.3 Å². The van der Waals surface area contributed by atoms with Gasteiger partial charge < -0.3 is 25.7 Å². The highest BCUT2D eigenvalue weighted by Gasteiger charge is 2.22. The number of rotatable bonds is 3. The molecule has 0 amide bonds. The Balaban J connectivity index is 2.21.